The monoisotopic (exact) mass is 359 g/mol. The number of esters is 1. The molecule has 1 N–H and O–H groups in total. The van der Waals surface area contributed by atoms with Crippen LogP contribution >= 0.6 is 0 Å². The zero-order valence-electron chi connectivity index (χ0n) is 14.9. The third kappa shape index (κ3) is 5.29. The van der Waals surface area contributed by atoms with Gasteiger partial charge in [0.25, 0.3) is 5.69 Å². The highest BCUT2D eigenvalue weighted by Gasteiger charge is 2.22. The summed E-state index contributed by atoms with van der Waals surface area (Å²) < 4.78 is 10.7. The van der Waals surface area contributed by atoms with E-state index in [1.807, 2.05) is 0 Å². The summed E-state index contributed by atoms with van der Waals surface area (Å²) in [7, 11) is 0. The molecule has 2 rings (SSSR count). The molecule has 1 atom stereocenters. The molecular formula is C18H21N3O5. The number of nitro groups is 1. The molecule has 1 aliphatic rings. The molecule has 0 spiro atoms. The molecule has 0 radical (unpaired) electrons. The Bertz CT molecular complexity index is 774. The van der Waals surface area contributed by atoms with Crippen molar-refractivity contribution in [1.29, 1.82) is 5.26 Å². The molecule has 1 unspecified atom stereocenters. The molecule has 1 heterocycles. The molecule has 0 bridgehead atoms. The fourth-order valence-electron chi connectivity index (χ4n) is 2.51. The van der Waals surface area contributed by atoms with Gasteiger partial charge in [0.2, 0.25) is 0 Å². The second-order valence-electron chi connectivity index (χ2n) is 6.83. The lowest BCUT2D eigenvalue weighted by Gasteiger charge is -2.22. The number of fused-ring (bicyclic) bond motifs is 1. The zero-order chi connectivity index (χ0) is 19.3. The third-order valence-electron chi connectivity index (χ3n) is 3.58. The zero-order valence-corrected chi connectivity index (χ0v) is 14.9. The first-order valence-corrected chi connectivity index (χ1v) is 8.15. The predicted molar refractivity (Wildman–Crippen MR) is 94.4 cm³/mol. The number of nitrogens with one attached hydrogen (secondary N) is 1. The van der Waals surface area contributed by atoms with Crippen LogP contribution in [0.4, 0.5) is 5.69 Å². The Kier molecular flexibility index (Phi) is 5.95. The van der Waals surface area contributed by atoms with Crippen LogP contribution in [0.25, 0.3) is 5.57 Å². The number of carbonyl (C=O) groups excluding carboxylic acids is 1. The van der Waals surface area contributed by atoms with E-state index < -0.39 is 22.5 Å². The fourth-order valence-corrected chi connectivity index (χ4v) is 2.51. The Morgan fingerprint density at radius 2 is 2.23 bits per heavy atom. The molecule has 8 nitrogen and oxygen atoms in total. The number of non-ortho nitro benzene ring substituents is 1. The van der Waals surface area contributed by atoms with Crippen LogP contribution in [0.15, 0.2) is 24.3 Å². The van der Waals surface area contributed by atoms with Crippen molar-refractivity contribution in [2.75, 3.05) is 13.2 Å². The summed E-state index contributed by atoms with van der Waals surface area (Å²) in [4.78, 5) is 22.3. The number of benzene rings is 1. The van der Waals surface area contributed by atoms with Crippen molar-refractivity contribution in [3.8, 4) is 11.8 Å². The minimum atomic E-state index is -0.640. The van der Waals surface area contributed by atoms with Crippen LogP contribution in [0, 0.1) is 21.4 Å². The Labute approximate surface area is 151 Å². The number of nitrogens with zero attached hydrogens (tertiary/aromatic N) is 2. The van der Waals surface area contributed by atoms with E-state index in [1.165, 1.54) is 12.1 Å². The van der Waals surface area contributed by atoms with E-state index in [0.717, 1.165) is 5.57 Å². The van der Waals surface area contributed by atoms with Crippen LogP contribution in [0.5, 0.6) is 5.75 Å². The summed E-state index contributed by atoms with van der Waals surface area (Å²) in [6.07, 6.45) is 2.07. The van der Waals surface area contributed by atoms with Gasteiger partial charge < -0.3 is 9.47 Å². The molecule has 138 valence electrons. The first-order chi connectivity index (χ1) is 12.2. The van der Waals surface area contributed by atoms with E-state index in [2.05, 4.69) is 11.4 Å². The molecule has 0 aliphatic carbocycles. The standard InChI is InChI=1S/C18H21N3O5/c1-18(2,3)26-17(22)11-20-13(10-19)8-12-6-7-25-16-5-4-14(21(23)24)9-15(12)16/h4-6,9,13,20H,7-8,11H2,1-3H3. The van der Waals surface area contributed by atoms with Crippen molar-refractivity contribution in [3.05, 3.63) is 40.0 Å². The molecule has 0 fully saturated rings. The van der Waals surface area contributed by atoms with E-state index in [4.69, 9.17) is 9.47 Å². The van der Waals surface area contributed by atoms with Crippen molar-refractivity contribution in [2.45, 2.75) is 38.8 Å². The van der Waals surface area contributed by atoms with Crippen LogP contribution < -0.4 is 10.1 Å². The average molecular weight is 359 g/mol. The van der Waals surface area contributed by atoms with Crippen LogP contribution in [0.2, 0.25) is 0 Å². The van der Waals surface area contributed by atoms with Crippen LogP contribution in [0.1, 0.15) is 32.8 Å². The van der Waals surface area contributed by atoms with Gasteiger partial charge in [-0.05, 0) is 38.5 Å². The number of rotatable bonds is 6. The van der Waals surface area contributed by atoms with E-state index in [1.54, 1.807) is 32.9 Å². The highest BCUT2D eigenvalue weighted by molar-refractivity contribution is 5.75. The number of carbonyl (C=O) groups is 1. The van der Waals surface area contributed by atoms with Crippen molar-refractivity contribution < 1.29 is 19.2 Å². The lowest BCUT2D eigenvalue weighted by atomic mass is 9.96. The van der Waals surface area contributed by atoms with Gasteiger partial charge in [-0.1, -0.05) is 0 Å². The Morgan fingerprint density at radius 1 is 1.50 bits per heavy atom. The number of nitro benzene ring substituents is 1. The number of hydrogen-bond donors (Lipinski definition) is 1. The minimum Gasteiger partial charge on any atom is -0.489 e. The first kappa shape index (κ1) is 19.4. The fraction of sp³-hybridized carbons (Fsp3) is 0.444. The van der Waals surface area contributed by atoms with Gasteiger partial charge >= 0.3 is 5.97 Å². The lowest BCUT2D eigenvalue weighted by molar-refractivity contribution is -0.384. The van der Waals surface area contributed by atoms with Crippen molar-refractivity contribution >= 4 is 17.2 Å². The van der Waals surface area contributed by atoms with E-state index in [9.17, 15) is 20.2 Å². The number of hydrogen-bond acceptors (Lipinski definition) is 7. The summed E-state index contributed by atoms with van der Waals surface area (Å²) in [5.41, 5.74) is 0.709. The molecule has 1 aromatic rings. The second kappa shape index (κ2) is 7.97. The SMILES string of the molecule is CC(C)(C)OC(=O)CNC(C#N)CC1=CCOc2ccc([N+](=O)[O-])cc21. The van der Waals surface area contributed by atoms with Gasteiger partial charge in [0.15, 0.2) is 0 Å². The molecule has 1 aromatic carbocycles. The van der Waals surface area contributed by atoms with E-state index in [0.29, 0.717) is 17.9 Å². The highest BCUT2D eigenvalue weighted by Crippen LogP contribution is 2.35. The molecule has 0 aromatic heterocycles. The van der Waals surface area contributed by atoms with Gasteiger partial charge in [0, 0.05) is 24.1 Å². The van der Waals surface area contributed by atoms with E-state index in [-0.39, 0.29) is 18.7 Å². The molecule has 1 aliphatic heterocycles. The lowest BCUT2D eigenvalue weighted by Crippen LogP contribution is -2.36. The summed E-state index contributed by atoms with van der Waals surface area (Å²) in [6, 6.07) is 5.83. The molecule has 0 saturated carbocycles. The van der Waals surface area contributed by atoms with Crippen LogP contribution in [0.3, 0.4) is 0 Å². The van der Waals surface area contributed by atoms with Crippen LogP contribution in [-0.2, 0) is 9.53 Å². The quantitative estimate of drug-likeness (QED) is 0.471. The Balaban J connectivity index is 2.06. The maximum absolute atomic E-state index is 11.8. The van der Waals surface area contributed by atoms with Gasteiger partial charge in [0.05, 0.1) is 23.6 Å². The Morgan fingerprint density at radius 3 is 2.85 bits per heavy atom. The summed E-state index contributed by atoms with van der Waals surface area (Å²) in [5, 5.41) is 23.2. The van der Waals surface area contributed by atoms with Gasteiger partial charge in [-0.15, -0.1) is 0 Å². The number of nitriles is 1. The molecule has 26 heavy (non-hydrogen) atoms. The summed E-state index contributed by atoms with van der Waals surface area (Å²) in [5.74, 6) is 0.0895. The number of ether oxygens (including phenoxy) is 2. The largest absolute Gasteiger partial charge is 0.489 e. The van der Waals surface area contributed by atoms with Crippen molar-refractivity contribution in [3.63, 3.8) is 0 Å². The summed E-state index contributed by atoms with van der Waals surface area (Å²) in [6.45, 7) is 5.53. The van der Waals surface area contributed by atoms with Crippen LogP contribution in [-0.4, -0.2) is 35.7 Å². The maximum atomic E-state index is 11.8. The molecule has 8 heteroatoms. The van der Waals surface area contributed by atoms with Gasteiger partial charge in [-0.25, -0.2) is 0 Å². The van der Waals surface area contributed by atoms with Gasteiger partial charge in [-0.2, -0.15) is 5.26 Å². The molecule has 0 saturated heterocycles. The smallest absolute Gasteiger partial charge is 0.320 e. The third-order valence-corrected chi connectivity index (χ3v) is 3.58. The van der Waals surface area contributed by atoms with Gasteiger partial charge in [-0.3, -0.25) is 20.2 Å². The minimum absolute atomic E-state index is 0.0460. The maximum Gasteiger partial charge on any atom is 0.320 e. The molecule has 0 amide bonds. The van der Waals surface area contributed by atoms with Crippen molar-refractivity contribution in [2.24, 2.45) is 0 Å². The second-order valence-corrected chi connectivity index (χ2v) is 6.83. The normalized spacial score (nSPS) is 14.3. The summed E-state index contributed by atoms with van der Waals surface area (Å²) >= 11 is 0. The predicted octanol–water partition coefficient (Wildman–Crippen LogP) is 2.58. The topological polar surface area (TPSA) is 114 Å². The van der Waals surface area contributed by atoms with Crippen molar-refractivity contribution in [1.82, 2.24) is 5.32 Å². The highest BCUT2D eigenvalue weighted by atomic mass is 16.6. The Hall–Kier alpha value is -2.92. The molecular weight excluding hydrogens is 338 g/mol. The average Bonchev–Trinajstić information content (AvgIpc) is 2.56. The van der Waals surface area contributed by atoms with Gasteiger partial charge in [0.1, 0.15) is 18.0 Å². The van der Waals surface area contributed by atoms with E-state index >= 15 is 0 Å². The first-order valence-electron chi connectivity index (χ1n) is 8.15.